The summed E-state index contributed by atoms with van der Waals surface area (Å²) in [6.07, 6.45) is -5.16. The highest BCUT2D eigenvalue weighted by molar-refractivity contribution is 6.37. The van der Waals surface area contributed by atoms with Crippen LogP contribution >= 0.6 is 23.2 Å². The minimum atomic E-state index is -4.66. The number of nitrogens with one attached hydrogen (secondary N) is 1. The third-order valence-corrected chi connectivity index (χ3v) is 7.78. The molecule has 2 fully saturated rings. The third kappa shape index (κ3) is 4.07. The number of hydrogen-bond donors (Lipinski definition) is 2. The Balaban J connectivity index is 1.55. The molecule has 1 aromatic heterocycles. The monoisotopic (exact) mass is 495 g/mol. The molecular formula is C21H23Cl2F4N3O2. The van der Waals surface area contributed by atoms with Crippen molar-refractivity contribution >= 4 is 40.0 Å². The zero-order valence-corrected chi connectivity index (χ0v) is 18.7. The van der Waals surface area contributed by atoms with Crippen LogP contribution in [0.4, 0.5) is 17.6 Å². The smallest absolute Gasteiger partial charge is 0.383 e. The standard InChI is InChI=1S/C21H23Cl2F4N3O2/c1-9-10-3-2-4-12(19(32)21(25,26)27)11(10)5-6-30(9)16(31)7-13-14(22)8-15(24)18-17(13)20(23)29-28-18/h8-12,19,32H,2-7H2,1H3,(H,28,29)/t9-,10+,11+,12+,19-/m0/s1. The highest BCUT2D eigenvalue weighted by atomic mass is 35.5. The number of alkyl halides is 3. The fourth-order valence-electron chi connectivity index (χ4n) is 5.65. The van der Waals surface area contributed by atoms with Crippen LogP contribution in [0.3, 0.4) is 0 Å². The van der Waals surface area contributed by atoms with E-state index in [2.05, 4.69) is 10.2 Å². The van der Waals surface area contributed by atoms with Crippen LogP contribution < -0.4 is 0 Å². The van der Waals surface area contributed by atoms with Gasteiger partial charge in [-0.25, -0.2) is 4.39 Å². The zero-order valence-electron chi connectivity index (χ0n) is 17.2. The van der Waals surface area contributed by atoms with Gasteiger partial charge in [-0.1, -0.05) is 29.6 Å². The second-order valence-electron chi connectivity index (χ2n) is 8.78. The van der Waals surface area contributed by atoms with Crippen LogP contribution in [-0.2, 0) is 11.2 Å². The maximum absolute atomic E-state index is 14.1. The van der Waals surface area contributed by atoms with Crippen LogP contribution in [0, 0.1) is 23.6 Å². The topological polar surface area (TPSA) is 69.2 Å². The molecular weight excluding hydrogens is 473 g/mol. The van der Waals surface area contributed by atoms with Crippen molar-refractivity contribution in [2.75, 3.05) is 6.54 Å². The molecule has 32 heavy (non-hydrogen) atoms. The molecule has 0 radical (unpaired) electrons. The first kappa shape index (κ1) is 23.6. The van der Waals surface area contributed by atoms with Crippen LogP contribution in [0.15, 0.2) is 6.07 Å². The molecule has 1 aliphatic heterocycles. The Hall–Kier alpha value is -1.58. The number of aliphatic hydroxyl groups excluding tert-OH is 1. The van der Waals surface area contributed by atoms with Crippen LogP contribution in [0.1, 0.15) is 38.2 Å². The number of amides is 1. The molecule has 4 rings (SSSR count). The van der Waals surface area contributed by atoms with E-state index in [0.29, 0.717) is 31.2 Å². The Bertz CT molecular complexity index is 1030. The number of likely N-dealkylation sites (tertiary alicyclic amines) is 1. The summed E-state index contributed by atoms with van der Waals surface area (Å²) >= 11 is 12.3. The van der Waals surface area contributed by atoms with E-state index >= 15 is 0 Å². The van der Waals surface area contributed by atoms with Crippen LogP contribution in [0.2, 0.25) is 10.2 Å². The van der Waals surface area contributed by atoms with Gasteiger partial charge in [0, 0.05) is 23.0 Å². The molecule has 0 spiro atoms. The number of benzene rings is 1. The number of piperidine rings is 1. The predicted octanol–water partition coefficient (Wildman–Crippen LogP) is 5.13. The normalized spacial score (nSPS) is 27.4. The Morgan fingerprint density at radius 1 is 1.31 bits per heavy atom. The first-order valence-electron chi connectivity index (χ1n) is 10.6. The van der Waals surface area contributed by atoms with Crippen LogP contribution in [0.5, 0.6) is 0 Å². The quantitative estimate of drug-likeness (QED) is 0.580. The van der Waals surface area contributed by atoms with E-state index < -0.39 is 24.0 Å². The summed E-state index contributed by atoms with van der Waals surface area (Å²) in [4.78, 5) is 14.9. The lowest BCUT2D eigenvalue weighted by Crippen LogP contribution is -2.55. The Kier molecular flexibility index (Phi) is 6.37. The number of H-pyrrole nitrogens is 1. The van der Waals surface area contributed by atoms with E-state index in [1.807, 2.05) is 6.92 Å². The predicted molar refractivity (Wildman–Crippen MR) is 112 cm³/mol. The first-order chi connectivity index (χ1) is 15.0. The molecule has 2 aliphatic rings. The minimum Gasteiger partial charge on any atom is -0.383 e. The molecule has 1 saturated carbocycles. The van der Waals surface area contributed by atoms with E-state index in [-0.39, 0.29) is 57.8 Å². The number of halogens is 6. The van der Waals surface area contributed by atoms with E-state index in [0.717, 1.165) is 6.07 Å². The van der Waals surface area contributed by atoms with E-state index in [1.54, 1.807) is 4.90 Å². The zero-order chi connectivity index (χ0) is 23.4. The Morgan fingerprint density at radius 2 is 2.03 bits per heavy atom. The van der Waals surface area contributed by atoms with Gasteiger partial charge in [0.15, 0.2) is 11.9 Å². The molecule has 5 nitrogen and oxygen atoms in total. The van der Waals surface area contributed by atoms with E-state index in [1.165, 1.54) is 0 Å². The fraction of sp³-hybridized carbons (Fsp3) is 0.619. The molecule has 1 saturated heterocycles. The van der Waals surface area contributed by atoms with Gasteiger partial charge in [-0.15, -0.1) is 0 Å². The summed E-state index contributed by atoms with van der Waals surface area (Å²) in [6.45, 7) is 2.12. The number of hydrogen-bond acceptors (Lipinski definition) is 3. The number of carbonyl (C=O) groups excluding carboxylic acids is 1. The van der Waals surface area contributed by atoms with Gasteiger partial charge in [-0.05, 0) is 55.6 Å². The Morgan fingerprint density at radius 3 is 2.72 bits per heavy atom. The highest BCUT2D eigenvalue weighted by Crippen LogP contribution is 2.47. The summed E-state index contributed by atoms with van der Waals surface area (Å²) in [6, 6.07) is 0.794. The average Bonchev–Trinajstić information content (AvgIpc) is 3.11. The van der Waals surface area contributed by atoms with Gasteiger partial charge in [0.25, 0.3) is 0 Å². The number of fused-ring (bicyclic) bond motifs is 2. The average molecular weight is 496 g/mol. The lowest BCUT2D eigenvalue weighted by Gasteiger charge is -2.50. The molecule has 1 amide bonds. The molecule has 1 aliphatic carbocycles. The second kappa shape index (κ2) is 8.65. The molecule has 2 heterocycles. The molecule has 0 unspecified atom stereocenters. The summed E-state index contributed by atoms with van der Waals surface area (Å²) in [5, 5.41) is 16.6. The molecule has 11 heteroatoms. The van der Waals surface area contributed by atoms with Gasteiger partial charge < -0.3 is 10.0 Å². The molecule has 176 valence electrons. The summed E-state index contributed by atoms with van der Waals surface area (Å²) in [5.41, 5.74) is 0.348. The van der Waals surface area contributed by atoms with Crippen LogP contribution in [0.25, 0.3) is 10.9 Å². The van der Waals surface area contributed by atoms with Crippen molar-refractivity contribution in [1.82, 2.24) is 15.1 Å². The molecule has 0 bridgehead atoms. The number of aromatic amines is 1. The van der Waals surface area contributed by atoms with Gasteiger partial charge in [0.2, 0.25) is 5.91 Å². The third-order valence-electron chi connectivity index (χ3n) is 7.17. The number of aliphatic hydroxyl groups is 1. The summed E-state index contributed by atoms with van der Waals surface area (Å²) in [7, 11) is 0. The van der Waals surface area contributed by atoms with Crippen LogP contribution in [-0.4, -0.2) is 51.0 Å². The highest BCUT2D eigenvalue weighted by Gasteiger charge is 2.51. The largest absolute Gasteiger partial charge is 0.414 e. The number of nitrogens with zero attached hydrogens (tertiary/aromatic N) is 2. The van der Waals surface area contributed by atoms with E-state index in [4.69, 9.17) is 23.2 Å². The lowest BCUT2D eigenvalue weighted by atomic mass is 9.64. The fourth-order valence-corrected chi connectivity index (χ4v) is 6.16. The van der Waals surface area contributed by atoms with Gasteiger partial charge >= 0.3 is 6.18 Å². The van der Waals surface area contributed by atoms with Crippen molar-refractivity contribution in [3.05, 3.63) is 27.6 Å². The van der Waals surface area contributed by atoms with Gasteiger partial charge in [0.05, 0.1) is 6.42 Å². The summed E-state index contributed by atoms with van der Waals surface area (Å²) < 4.78 is 53.6. The van der Waals surface area contributed by atoms with Gasteiger partial charge in [-0.3, -0.25) is 9.89 Å². The molecule has 5 atom stereocenters. The van der Waals surface area contributed by atoms with Gasteiger partial charge in [-0.2, -0.15) is 18.3 Å². The number of aromatic nitrogens is 2. The Labute approximate surface area is 192 Å². The molecule has 2 aromatic rings. The molecule has 2 N–H and O–H groups in total. The van der Waals surface area contributed by atoms with Crippen molar-refractivity contribution in [2.45, 2.75) is 57.3 Å². The van der Waals surface area contributed by atoms with Gasteiger partial charge in [0.1, 0.15) is 10.7 Å². The van der Waals surface area contributed by atoms with E-state index in [9.17, 15) is 27.5 Å². The second-order valence-corrected chi connectivity index (χ2v) is 9.57. The van der Waals surface area contributed by atoms with Crippen molar-refractivity contribution in [3.8, 4) is 0 Å². The number of carbonyl (C=O) groups is 1. The van der Waals surface area contributed by atoms with Crippen molar-refractivity contribution in [1.29, 1.82) is 0 Å². The van der Waals surface area contributed by atoms with Crippen molar-refractivity contribution in [3.63, 3.8) is 0 Å². The maximum Gasteiger partial charge on any atom is 0.414 e. The van der Waals surface area contributed by atoms with Crippen molar-refractivity contribution < 1.29 is 27.5 Å². The lowest BCUT2D eigenvalue weighted by molar-refractivity contribution is -0.233. The minimum absolute atomic E-state index is 0.00906. The maximum atomic E-state index is 14.1. The molecule has 1 aromatic carbocycles. The number of rotatable bonds is 3. The first-order valence-corrected chi connectivity index (χ1v) is 11.3. The SMILES string of the molecule is C[C@H]1[C@H]2CCC[C@@H]([C@H](O)C(F)(F)F)[C@@H]2CCN1C(=O)Cc1c(Cl)cc(F)c2n[nH]c(Cl)c12. The van der Waals surface area contributed by atoms with Crippen molar-refractivity contribution in [2.24, 2.45) is 17.8 Å². The summed E-state index contributed by atoms with van der Waals surface area (Å²) in [5.74, 6) is -2.21.